The Hall–Kier alpha value is -0.330. The lowest BCUT2D eigenvalue weighted by Crippen LogP contribution is -2.11. The normalized spacial score (nSPS) is 44.1. The number of hydrogen-bond donors (Lipinski definition) is 0. The maximum absolute atomic E-state index is 11.1. The average Bonchev–Trinajstić information content (AvgIpc) is 2.44. The molecule has 2 rings (SSSR count). The minimum absolute atomic E-state index is 0.483. The maximum atomic E-state index is 11.1. The van der Waals surface area contributed by atoms with E-state index in [1.807, 2.05) is 0 Å². The van der Waals surface area contributed by atoms with Crippen LogP contribution in [-0.2, 0) is 4.79 Å². The van der Waals surface area contributed by atoms with Gasteiger partial charge in [-0.25, -0.2) is 0 Å². The fourth-order valence-electron chi connectivity index (χ4n) is 2.88. The van der Waals surface area contributed by atoms with Crippen molar-refractivity contribution in [3.05, 3.63) is 0 Å². The monoisotopic (exact) mass is 152 g/mol. The zero-order valence-electron chi connectivity index (χ0n) is 7.23. The second kappa shape index (κ2) is 2.33. The third-order valence-electron chi connectivity index (χ3n) is 3.46. The van der Waals surface area contributed by atoms with Gasteiger partial charge >= 0.3 is 0 Å². The highest BCUT2D eigenvalue weighted by molar-refractivity contribution is 5.81. The molecule has 0 N–H and O–H groups in total. The van der Waals surface area contributed by atoms with E-state index in [2.05, 4.69) is 6.92 Å². The van der Waals surface area contributed by atoms with Crippen LogP contribution in [0.4, 0.5) is 0 Å². The van der Waals surface area contributed by atoms with E-state index in [4.69, 9.17) is 0 Å². The second-order valence-corrected chi connectivity index (χ2v) is 4.56. The highest BCUT2D eigenvalue weighted by Crippen LogP contribution is 2.51. The predicted molar refractivity (Wildman–Crippen MR) is 44.3 cm³/mol. The van der Waals surface area contributed by atoms with Crippen LogP contribution in [0.25, 0.3) is 0 Å². The molecule has 11 heavy (non-hydrogen) atoms. The quantitative estimate of drug-likeness (QED) is 0.521. The fourth-order valence-corrected chi connectivity index (χ4v) is 2.88. The molecule has 0 heterocycles. The highest BCUT2D eigenvalue weighted by atomic mass is 16.1. The van der Waals surface area contributed by atoms with E-state index in [-0.39, 0.29) is 0 Å². The molecule has 0 aliphatic heterocycles. The van der Waals surface area contributed by atoms with Crippen molar-refractivity contribution in [1.82, 2.24) is 0 Å². The number of carbonyl (C=O) groups is 1. The van der Waals surface area contributed by atoms with Crippen LogP contribution in [0.3, 0.4) is 0 Å². The van der Waals surface area contributed by atoms with Crippen LogP contribution in [0.15, 0.2) is 0 Å². The van der Waals surface area contributed by atoms with Crippen molar-refractivity contribution in [1.29, 1.82) is 0 Å². The van der Waals surface area contributed by atoms with Gasteiger partial charge in [0, 0.05) is 12.8 Å². The van der Waals surface area contributed by atoms with E-state index in [1.165, 1.54) is 25.7 Å². The van der Waals surface area contributed by atoms with Crippen molar-refractivity contribution in [3.8, 4) is 0 Å². The summed E-state index contributed by atoms with van der Waals surface area (Å²) in [5, 5.41) is 0. The summed E-state index contributed by atoms with van der Waals surface area (Å²) in [4.78, 5) is 11.1. The SMILES string of the molecule is C[C@@H]1CC[C@@]2(CCC(=O)C2)C1. The number of rotatable bonds is 0. The van der Waals surface area contributed by atoms with E-state index < -0.39 is 0 Å². The Morgan fingerprint density at radius 1 is 1.45 bits per heavy atom. The Labute approximate surface area is 68.2 Å². The largest absolute Gasteiger partial charge is 0.300 e. The summed E-state index contributed by atoms with van der Waals surface area (Å²) in [5.74, 6) is 1.39. The molecule has 0 unspecified atom stereocenters. The standard InChI is InChI=1S/C10H16O/c1-8-2-4-10(6-8)5-3-9(11)7-10/h8H,2-7H2,1H3/t8-,10-/m1/s1. The Kier molecular flexibility index (Phi) is 1.55. The van der Waals surface area contributed by atoms with E-state index in [1.54, 1.807) is 0 Å². The van der Waals surface area contributed by atoms with E-state index >= 15 is 0 Å². The summed E-state index contributed by atoms with van der Waals surface area (Å²) in [7, 11) is 0. The second-order valence-electron chi connectivity index (χ2n) is 4.56. The minimum Gasteiger partial charge on any atom is -0.300 e. The Morgan fingerprint density at radius 3 is 2.73 bits per heavy atom. The molecule has 0 bridgehead atoms. The van der Waals surface area contributed by atoms with E-state index in [0.29, 0.717) is 11.2 Å². The summed E-state index contributed by atoms with van der Waals surface area (Å²) in [5.41, 5.74) is 0.483. The third-order valence-corrected chi connectivity index (χ3v) is 3.46. The number of ketones is 1. The van der Waals surface area contributed by atoms with E-state index in [9.17, 15) is 4.79 Å². The highest BCUT2D eigenvalue weighted by Gasteiger charge is 2.42. The first-order valence-electron chi connectivity index (χ1n) is 4.72. The molecular formula is C10H16O. The fraction of sp³-hybridized carbons (Fsp3) is 0.900. The number of Topliss-reactive ketones (excluding diaryl/α,β-unsaturated/α-hetero) is 1. The number of hydrogen-bond acceptors (Lipinski definition) is 1. The number of carbonyl (C=O) groups excluding carboxylic acids is 1. The van der Waals surface area contributed by atoms with Gasteiger partial charge in [0.15, 0.2) is 0 Å². The van der Waals surface area contributed by atoms with Crippen molar-refractivity contribution >= 4 is 5.78 Å². The Balaban J connectivity index is 2.07. The van der Waals surface area contributed by atoms with Gasteiger partial charge in [-0.3, -0.25) is 4.79 Å². The summed E-state index contributed by atoms with van der Waals surface area (Å²) in [6, 6.07) is 0. The summed E-state index contributed by atoms with van der Waals surface area (Å²) in [6.45, 7) is 2.32. The van der Waals surface area contributed by atoms with Gasteiger partial charge in [-0.05, 0) is 30.6 Å². The lowest BCUT2D eigenvalue weighted by Gasteiger charge is -2.20. The van der Waals surface area contributed by atoms with Gasteiger partial charge < -0.3 is 0 Å². The van der Waals surface area contributed by atoms with Gasteiger partial charge in [-0.15, -0.1) is 0 Å². The van der Waals surface area contributed by atoms with Gasteiger partial charge in [0.25, 0.3) is 0 Å². The van der Waals surface area contributed by atoms with Crippen LogP contribution in [0.1, 0.15) is 45.4 Å². The lowest BCUT2D eigenvalue weighted by molar-refractivity contribution is -0.118. The van der Waals surface area contributed by atoms with Crippen LogP contribution < -0.4 is 0 Å². The smallest absolute Gasteiger partial charge is 0.133 e. The molecule has 1 nitrogen and oxygen atoms in total. The van der Waals surface area contributed by atoms with Crippen molar-refractivity contribution in [2.75, 3.05) is 0 Å². The van der Waals surface area contributed by atoms with Crippen LogP contribution in [-0.4, -0.2) is 5.78 Å². The summed E-state index contributed by atoms with van der Waals surface area (Å²) in [6.07, 6.45) is 6.95. The van der Waals surface area contributed by atoms with Gasteiger partial charge in [0.2, 0.25) is 0 Å². The van der Waals surface area contributed by atoms with E-state index in [0.717, 1.165) is 18.8 Å². The minimum atomic E-state index is 0.483. The van der Waals surface area contributed by atoms with Crippen LogP contribution in [0, 0.1) is 11.3 Å². The first-order valence-corrected chi connectivity index (χ1v) is 4.72. The molecular weight excluding hydrogens is 136 g/mol. The predicted octanol–water partition coefficient (Wildman–Crippen LogP) is 2.55. The molecule has 0 aromatic carbocycles. The molecule has 0 amide bonds. The molecule has 0 aromatic heterocycles. The van der Waals surface area contributed by atoms with Crippen LogP contribution >= 0.6 is 0 Å². The topological polar surface area (TPSA) is 17.1 Å². The molecule has 62 valence electrons. The molecule has 2 aliphatic carbocycles. The molecule has 0 aromatic rings. The molecule has 2 aliphatic rings. The Bertz CT molecular complexity index is 185. The zero-order valence-corrected chi connectivity index (χ0v) is 7.23. The van der Waals surface area contributed by atoms with Crippen molar-refractivity contribution in [2.24, 2.45) is 11.3 Å². The van der Waals surface area contributed by atoms with Gasteiger partial charge in [0.05, 0.1) is 0 Å². The molecule has 2 fully saturated rings. The molecule has 1 heteroatoms. The molecule has 0 saturated heterocycles. The van der Waals surface area contributed by atoms with Crippen molar-refractivity contribution in [3.63, 3.8) is 0 Å². The zero-order chi connectivity index (χ0) is 7.90. The maximum Gasteiger partial charge on any atom is 0.133 e. The third kappa shape index (κ3) is 1.21. The van der Waals surface area contributed by atoms with Gasteiger partial charge in [0.1, 0.15) is 5.78 Å². The van der Waals surface area contributed by atoms with Crippen LogP contribution in [0.5, 0.6) is 0 Å². The average molecular weight is 152 g/mol. The Morgan fingerprint density at radius 2 is 2.27 bits per heavy atom. The molecule has 2 saturated carbocycles. The molecule has 2 atom stereocenters. The molecule has 0 radical (unpaired) electrons. The first kappa shape index (κ1) is 7.33. The van der Waals surface area contributed by atoms with Gasteiger partial charge in [-0.1, -0.05) is 13.3 Å². The van der Waals surface area contributed by atoms with Crippen LogP contribution in [0.2, 0.25) is 0 Å². The summed E-state index contributed by atoms with van der Waals surface area (Å²) >= 11 is 0. The first-order chi connectivity index (χ1) is 5.20. The van der Waals surface area contributed by atoms with Gasteiger partial charge in [-0.2, -0.15) is 0 Å². The summed E-state index contributed by atoms with van der Waals surface area (Å²) < 4.78 is 0. The van der Waals surface area contributed by atoms with Crippen molar-refractivity contribution < 1.29 is 4.79 Å². The van der Waals surface area contributed by atoms with Crippen molar-refractivity contribution in [2.45, 2.75) is 45.4 Å². The molecule has 1 spiro atoms. The lowest BCUT2D eigenvalue weighted by atomic mass is 9.84.